The molecule has 0 radical (unpaired) electrons. The van der Waals surface area contributed by atoms with E-state index in [-0.39, 0.29) is 24.1 Å². The average Bonchev–Trinajstić information content (AvgIpc) is 3.61. The second-order valence-corrected chi connectivity index (χ2v) is 11.2. The molecule has 2 aliphatic heterocycles. The Morgan fingerprint density at radius 2 is 2.00 bits per heavy atom. The summed E-state index contributed by atoms with van der Waals surface area (Å²) >= 11 is 0. The molecule has 0 atom stereocenters. The number of halogens is 1. The van der Waals surface area contributed by atoms with E-state index in [0.717, 1.165) is 39.8 Å². The number of hydrogen-bond donors (Lipinski definition) is 1. The Morgan fingerprint density at radius 1 is 1.13 bits per heavy atom. The molecular weight excluding hydrogens is 493 g/mol. The lowest BCUT2D eigenvalue weighted by molar-refractivity contribution is -0.132. The second-order valence-electron chi connectivity index (χ2n) is 11.2. The Hall–Kier alpha value is -3.94. The fourth-order valence-corrected chi connectivity index (χ4v) is 6.78. The molecule has 1 amide bonds. The molecule has 1 aromatic carbocycles. The highest BCUT2D eigenvalue weighted by molar-refractivity contribution is 6.32. The van der Waals surface area contributed by atoms with Crippen molar-refractivity contribution in [3.63, 3.8) is 0 Å². The molecule has 1 fully saturated rings. The van der Waals surface area contributed by atoms with Crippen molar-refractivity contribution in [2.45, 2.75) is 58.0 Å². The molecule has 0 unspecified atom stereocenters. The van der Waals surface area contributed by atoms with Crippen molar-refractivity contribution in [2.24, 2.45) is 5.92 Å². The first kappa shape index (κ1) is 24.1. The molecule has 3 aliphatic rings. The van der Waals surface area contributed by atoms with Crippen molar-refractivity contribution in [1.29, 1.82) is 0 Å². The summed E-state index contributed by atoms with van der Waals surface area (Å²) in [5.41, 5.74) is 5.28. The van der Waals surface area contributed by atoms with Crippen molar-refractivity contribution in [2.75, 3.05) is 13.1 Å². The summed E-state index contributed by atoms with van der Waals surface area (Å²) in [4.78, 5) is 32.7. The minimum absolute atomic E-state index is 0.0185. The molecule has 1 N–H and O–H groups in total. The van der Waals surface area contributed by atoms with E-state index < -0.39 is 0 Å². The summed E-state index contributed by atoms with van der Waals surface area (Å²) in [6, 6.07) is 8.83. The van der Waals surface area contributed by atoms with Crippen molar-refractivity contribution in [3.05, 3.63) is 71.6 Å². The largest absolute Gasteiger partial charge is 0.376 e. The monoisotopic (exact) mass is 525 g/mol. The highest BCUT2D eigenvalue weighted by Crippen LogP contribution is 2.37. The van der Waals surface area contributed by atoms with Crippen LogP contribution in [0.25, 0.3) is 27.8 Å². The maximum Gasteiger partial charge on any atom is 0.222 e. The van der Waals surface area contributed by atoms with Gasteiger partial charge in [-0.1, -0.05) is 38.2 Å². The summed E-state index contributed by atoms with van der Waals surface area (Å²) in [5.74, 6) is 0.456. The van der Waals surface area contributed by atoms with Crippen LogP contribution in [0, 0.1) is 11.7 Å². The number of imidazole rings is 1. The highest BCUT2D eigenvalue weighted by atomic mass is 19.1. The summed E-state index contributed by atoms with van der Waals surface area (Å²) in [7, 11) is 0. The molecule has 8 heteroatoms. The summed E-state index contributed by atoms with van der Waals surface area (Å²) in [5, 5.41) is 4.05. The molecule has 0 spiro atoms. The van der Waals surface area contributed by atoms with Crippen LogP contribution in [0.5, 0.6) is 0 Å². The number of ketones is 1. The second kappa shape index (κ2) is 9.67. The molecule has 7 rings (SSSR count). The number of carbonyl (C=O) groups is 2. The minimum atomic E-state index is -0.339. The first-order valence-corrected chi connectivity index (χ1v) is 14.1. The lowest BCUT2D eigenvalue weighted by Crippen LogP contribution is -2.32. The fraction of sp³-hybridized carbons (Fsp3) is 0.387. The molecule has 1 aliphatic carbocycles. The molecule has 0 saturated heterocycles. The van der Waals surface area contributed by atoms with Crippen LogP contribution < -0.4 is 5.32 Å². The molecular formula is C31H32FN5O2. The van der Waals surface area contributed by atoms with E-state index in [1.165, 1.54) is 32.1 Å². The smallest absolute Gasteiger partial charge is 0.222 e. The lowest BCUT2D eigenvalue weighted by Gasteiger charge is -2.24. The number of carbonyl (C=O) groups excluding carboxylic acids is 2. The number of rotatable bonds is 5. The number of nitrogens with zero attached hydrogens (tertiary/aromatic N) is 4. The van der Waals surface area contributed by atoms with Crippen LogP contribution >= 0.6 is 0 Å². The van der Waals surface area contributed by atoms with Gasteiger partial charge < -0.3 is 14.8 Å². The zero-order chi connectivity index (χ0) is 26.5. The number of Topliss-reactive ketones (excluding diaryl/α,β-unsaturated/α-hetero) is 1. The standard InChI is InChI=1S/C31H32FN5O2/c32-22-14-21-18-35(28(39)10-9-20-6-2-1-3-7-20)12-13-36-19-24(23(15-22)31(21)36)30-29(26(38)17-34-30)25-16-33-27-8-4-5-11-37(25)27/h4-5,8,11,14-16,19-20,34H,1-3,6-7,9-10,12-13,17-18H2. The van der Waals surface area contributed by atoms with Crippen LogP contribution in [-0.2, 0) is 22.7 Å². The number of aromatic nitrogens is 3. The van der Waals surface area contributed by atoms with Crippen LogP contribution in [0.1, 0.15) is 61.8 Å². The number of benzene rings is 1. The van der Waals surface area contributed by atoms with Crippen molar-refractivity contribution in [3.8, 4) is 0 Å². The topological polar surface area (TPSA) is 71.6 Å². The minimum Gasteiger partial charge on any atom is -0.376 e. The maximum absolute atomic E-state index is 15.1. The molecule has 3 aromatic heterocycles. The van der Waals surface area contributed by atoms with E-state index in [1.807, 2.05) is 39.9 Å². The van der Waals surface area contributed by atoms with Gasteiger partial charge in [0.15, 0.2) is 5.78 Å². The molecule has 0 bridgehead atoms. The molecule has 1 saturated carbocycles. The van der Waals surface area contributed by atoms with Gasteiger partial charge in [0.1, 0.15) is 11.5 Å². The maximum atomic E-state index is 15.1. The number of fused-ring (bicyclic) bond motifs is 1. The van der Waals surface area contributed by atoms with Crippen LogP contribution in [0.3, 0.4) is 0 Å². The van der Waals surface area contributed by atoms with Crippen LogP contribution in [0.4, 0.5) is 4.39 Å². The number of nitrogens with one attached hydrogen (secondary N) is 1. The average molecular weight is 526 g/mol. The molecule has 5 heterocycles. The van der Waals surface area contributed by atoms with Gasteiger partial charge in [-0.15, -0.1) is 0 Å². The highest BCUT2D eigenvalue weighted by Gasteiger charge is 2.31. The zero-order valence-corrected chi connectivity index (χ0v) is 22.0. The normalized spacial score (nSPS) is 18.3. The summed E-state index contributed by atoms with van der Waals surface area (Å²) in [6.45, 7) is 1.78. The Bertz CT molecular complexity index is 1640. The Balaban J connectivity index is 1.25. The first-order chi connectivity index (χ1) is 19.1. The Labute approximate surface area is 226 Å². The van der Waals surface area contributed by atoms with Gasteiger partial charge in [-0.3, -0.25) is 14.0 Å². The van der Waals surface area contributed by atoms with E-state index in [9.17, 15) is 9.59 Å². The van der Waals surface area contributed by atoms with Gasteiger partial charge in [-0.05, 0) is 42.2 Å². The molecule has 200 valence electrons. The van der Waals surface area contributed by atoms with Gasteiger partial charge in [0, 0.05) is 49.4 Å². The third kappa shape index (κ3) is 4.22. The van der Waals surface area contributed by atoms with Crippen LogP contribution in [0.2, 0.25) is 0 Å². The Kier molecular flexibility index (Phi) is 5.98. The molecule has 39 heavy (non-hydrogen) atoms. The quantitative estimate of drug-likeness (QED) is 0.390. The third-order valence-electron chi connectivity index (χ3n) is 8.73. The lowest BCUT2D eigenvalue weighted by atomic mass is 9.86. The van der Waals surface area contributed by atoms with E-state index in [1.54, 1.807) is 18.3 Å². The van der Waals surface area contributed by atoms with Crippen molar-refractivity contribution >= 4 is 39.5 Å². The molecule has 7 nitrogen and oxygen atoms in total. The SMILES string of the molecule is O=C1CNC(c2cn3c4c(cc(F)cc24)CN(C(=O)CCC2CCCCC2)CC3)=C1c1cnc2ccccn12. The number of pyridine rings is 1. The predicted molar refractivity (Wildman–Crippen MR) is 148 cm³/mol. The first-order valence-electron chi connectivity index (χ1n) is 14.1. The van der Waals surface area contributed by atoms with Crippen molar-refractivity contribution < 1.29 is 14.0 Å². The van der Waals surface area contributed by atoms with E-state index in [2.05, 4.69) is 14.9 Å². The van der Waals surface area contributed by atoms with Gasteiger partial charge in [-0.2, -0.15) is 0 Å². The van der Waals surface area contributed by atoms with E-state index in [4.69, 9.17) is 0 Å². The van der Waals surface area contributed by atoms with E-state index >= 15 is 4.39 Å². The van der Waals surface area contributed by atoms with E-state index in [0.29, 0.717) is 43.2 Å². The Morgan fingerprint density at radius 3 is 2.87 bits per heavy atom. The van der Waals surface area contributed by atoms with Gasteiger partial charge >= 0.3 is 0 Å². The van der Waals surface area contributed by atoms with Crippen LogP contribution in [0.15, 0.2) is 48.9 Å². The number of amides is 1. The van der Waals surface area contributed by atoms with Gasteiger partial charge in [0.25, 0.3) is 0 Å². The number of hydrogen-bond acceptors (Lipinski definition) is 4. The van der Waals surface area contributed by atoms with Crippen molar-refractivity contribution in [1.82, 2.24) is 24.2 Å². The zero-order valence-electron chi connectivity index (χ0n) is 22.0. The third-order valence-corrected chi connectivity index (χ3v) is 8.73. The predicted octanol–water partition coefficient (Wildman–Crippen LogP) is 5.17. The van der Waals surface area contributed by atoms with Gasteiger partial charge in [-0.25, -0.2) is 9.37 Å². The summed E-state index contributed by atoms with van der Waals surface area (Å²) < 4.78 is 19.1. The van der Waals surface area contributed by atoms with Gasteiger partial charge in [0.05, 0.1) is 35.2 Å². The summed E-state index contributed by atoms with van der Waals surface area (Å²) in [6.07, 6.45) is 13.5. The van der Waals surface area contributed by atoms with Crippen LogP contribution in [-0.4, -0.2) is 43.6 Å². The fourth-order valence-electron chi connectivity index (χ4n) is 6.78. The molecule has 4 aromatic rings. The van der Waals surface area contributed by atoms with Gasteiger partial charge in [0.2, 0.25) is 5.91 Å².